The van der Waals surface area contributed by atoms with Crippen molar-refractivity contribution in [2.45, 2.75) is 45.2 Å². The van der Waals surface area contributed by atoms with E-state index in [1.807, 2.05) is 66.7 Å². The van der Waals surface area contributed by atoms with E-state index < -0.39 is 12.3 Å². The van der Waals surface area contributed by atoms with Crippen molar-refractivity contribution in [3.63, 3.8) is 0 Å². The predicted octanol–water partition coefficient (Wildman–Crippen LogP) is 3.67. The SMILES string of the molecule is Cc1nc2cccc(NCc3ccc(OCc4ccccc4)cc3)c2c(=O)n1C1CCC(=O)NC1O. The molecule has 1 aromatic heterocycles. The minimum Gasteiger partial charge on any atom is -0.489 e. The summed E-state index contributed by atoms with van der Waals surface area (Å²) in [6, 6.07) is 22.8. The largest absolute Gasteiger partial charge is 0.489 e. The normalized spacial score (nSPS) is 17.6. The van der Waals surface area contributed by atoms with Crippen molar-refractivity contribution in [2.75, 3.05) is 5.32 Å². The molecule has 1 aliphatic heterocycles. The van der Waals surface area contributed by atoms with Crippen molar-refractivity contribution >= 4 is 22.5 Å². The van der Waals surface area contributed by atoms with Crippen LogP contribution < -0.4 is 20.9 Å². The van der Waals surface area contributed by atoms with Crippen molar-refractivity contribution in [3.8, 4) is 5.75 Å². The van der Waals surface area contributed by atoms with Crippen LogP contribution in [0.5, 0.6) is 5.75 Å². The number of nitrogens with one attached hydrogen (secondary N) is 2. The van der Waals surface area contributed by atoms with Gasteiger partial charge in [0.05, 0.1) is 16.9 Å². The van der Waals surface area contributed by atoms with E-state index in [0.717, 1.165) is 16.9 Å². The van der Waals surface area contributed by atoms with E-state index >= 15 is 0 Å². The van der Waals surface area contributed by atoms with Gasteiger partial charge in [0.2, 0.25) is 5.91 Å². The number of aliphatic hydroxyl groups excluding tert-OH is 1. The lowest BCUT2D eigenvalue weighted by Crippen LogP contribution is -2.48. The quantitative estimate of drug-likeness (QED) is 0.370. The number of ether oxygens (including phenoxy) is 1. The molecule has 0 aliphatic carbocycles. The molecule has 2 atom stereocenters. The summed E-state index contributed by atoms with van der Waals surface area (Å²) in [5, 5.41) is 16.8. The summed E-state index contributed by atoms with van der Waals surface area (Å²) in [5.41, 5.74) is 3.14. The molecule has 36 heavy (non-hydrogen) atoms. The van der Waals surface area contributed by atoms with Crippen LogP contribution in [0.15, 0.2) is 77.6 Å². The minimum absolute atomic E-state index is 0.225. The molecule has 184 valence electrons. The number of hydrogen-bond acceptors (Lipinski definition) is 6. The number of anilines is 1. The summed E-state index contributed by atoms with van der Waals surface area (Å²) >= 11 is 0. The summed E-state index contributed by atoms with van der Waals surface area (Å²) in [6.45, 7) is 2.76. The lowest BCUT2D eigenvalue weighted by molar-refractivity contribution is -0.128. The van der Waals surface area contributed by atoms with Crippen LogP contribution >= 0.6 is 0 Å². The first-order valence-corrected chi connectivity index (χ1v) is 12.0. The number of carbonyl (C=O) groups excluding carboxylic acids is 1. The molecule has 2 heterocycles. The van der Waals surface area contributed by atoms with Gasteiger partial charge in [-0.3, -0.25) is 14.2 Å². The highest BCUT2D eigenvalue weighted by atomic mass is 16.5. The Labute approximate surface area is 208 Å². The number of fused-ring (bicyclic) bond motifs is 1. The number of piperidine rings is 1. The van der Waals surface area contributed by atoms with Gasteiger partial charge in [0.15, 0.2) is 0 Å². The van der Waals surface area contributed by atoms with Gasteiger partial charge in [0.1, 0.15) is 24.4 Å². The van der Waals surface area contributed by atoms with Gasteiger partial charge in [-0.15, -0.1) is 0 Å². The Morgan fingerprint density at radius 3 is 2.56 bits per heavy atom. The molecule has 0 saturated carbocycles. The Hall–Kier alpha value is -4.17. The maximum atomic E-state index is 13.6. The van der Waals surface area contributed by atoms with E-state index in [2.05, 4.69) is 15.6 Å². The number of benzene rings is 3. The Kier molecular flexibility index (Phi) is 6.69. The highest BCUT2D eigenvalue weighted by Gasteiger charge is 2.31. The molecule has 0 bridgehead atoms. The van der Waals surface area contributed by atoms with Crippen molar-refractivity contribution in [2.24, 2.45) is 0 Å². The molecule has 4 aromatic rings. The molecular formula is C28H28N4O4. The smallest absolute Gasteiger partial charge is 0.263 e. The number of aromatic nitrogens is 2. The molecule has 1 aliphatic rings. The molecule has 0 spiro atoms. The standard InChI is InChI=1S/C28H28N4O4/c1-18-30-23-9-5-8-22(26(23)28(35)32(18)24-14-15-25(33)31-27(24)34)29-16-19-10-12-21(13-11-19)36-17-20-6-3-2-4-7-20/h2-13,24,27,29,34H,14-17H2,1H3,(H,31,33). The molecule has 8 nitrogen and oxygen atoms in total. The second kappa shape index (κ2) is 10.2. The van der Waals surface area contributed by atoms with Gasteiger partial charge in [-0.1, -0.05) is 48.5 Å². The molecule has 2 unspecified atom stereocenters. The number of aliphatic hydroxyl groups is 1. The third kappa shape index (κ3) is 4.94. The Balaban J connectivity index is 1.34. The topological polar surface area (TPSA) is 105 Å². The van der Waals surface area contributed by atoms with E-state index in [4.69, 9.17) is 4.74 Å². The van der Waals surface area contributed by atoms with Crippen molar-refractivity contribution in [3.05, 3.63) is 100 Å². The maximum absolute atomic E-state index is 13.6. The first-order chi connectivity index (χ1) is 17.5. The number of carbonyl (C=O) groups is 1. The molecule has 8 heteroatoms. The van der Waals surface area contributed by atoms with E-state index in [9.17, 15) is 14.7 Å². The molecule has 5 rings (SSSR count). The fourth-order valence-corrected chi connectivity index (χ4v) is 4.57. The first kappa shape index (κ1) is 23.6. The second-order valence-electron chi connectivity index (χ2n) is 8.92. The van der Waals surface area contributed by atoms with E-state index in [1.54, 1.807) is 13.0 Å². The Morgan fingerprint density at radius 1 is 1.03 bits per heavy atom. The Morgan fingerprint density at radius 2 is 1.81 bits per heavy atom. The van der Waals surface area contributed by atoms with Crippen molar-refractivity contribution in [1.82, 2.24) is 14.9 Å². The molecule has 3 aromatic carbocycles. The van der Waals surface area contributed by atoms with Crippen LogP contribution in [0.1, 0.15) is 35.8 Å². The first-order valence-electron chi connectivity index (χ1n) is 12.0. The van der Waals surface area contributed by atoms with Crippen LogP contribution in [0.4, 0.5) is 5.69 Å². The summed E-state index contributed by atoms with van der Waals surface area (Å²) < 4.78 is 7.36. The highest BCUT2D eigenvalue weighted by molar-refractivity contribution is 5.90. The van der Waals surface area contributed by atoms with Crippen molar-refractivity contribution < 1.29 is 14.6 Å². The lowest BCUT2D eigenvalue weighted by atomic mass is 10.0. The van der Waals surface area contributed by atoms with Gasteiger partial charge in [-0.25, -0.2) is 4.98 Å². The van der Waals surface area contributed by atoms with Gasteiger partial charge in [0.25, 0.3) is 5.56 Å². The van der Waals surface area contributed by atoms with Gasteiger partial charge >= 0.3 is 0 Å². The van der Waals surface area contributed by atoms with Gasteiger partial charge < -0.3 is 20.5 Å². The zero-order chi connectivity index (χ0) is 25.1. The molecule has 1 saturated heterocycles. The number of aryl methyl sites for hydroxylation is 1. The van der Waals surface area contributed by atoms with Gasteiger partial charge in [-0.05, 0) is 48.7 Å². The van der Waals surface area contributed by atoms with Crippen LogP contribution in [0.3, 0.4) is 0 Å². The molecule has 1 fully saturated rings. The summed E-state index contributed by atoms with van der Waals surface area (Å²) in [4.78, 5) is 29.8. The van der Waals surface area contributed by atoms with Crippen LogP contribution in [-0.2, 0) is 17.9 Å². The second-order valence-corrected chi connectivity index (χ2v) is 8.92. The summed E-state index contributed by atoms with van der Waals surface area (Å²) in [7, 11) is 0. The summed E-state index contributed by atoms with van der Waals surface area (Å²) in [5.74, 6) is 1.06. The zero-order valence-electron chi connectivity index (χ0n) is 20.0. The predicted molar refractivity (Wildman–Crippen MR) is 138 cm³/mol. The average Bonchev–Trinajstić information content (AvgIpc) is 2.88. The van der Waals surface area contributed by atoms with E-state index in [0.29, 0.717) is 42.0 Å². The zero-order valence-corrected chi connectivity index (χ0v) is 20.0. The van der Waals surface area contributed by atoms with Crippen LogP contribution in [-0.4, -0.2) is 26.8 Å². The van der Waals surface area contributed by atoms with E-state index in [-0.39, 0.29) is 17.9 Å². The third-order valence-electron chi connectivity index (χ3n) is 6.43. The van der Waals surface area contributed by atoms with Crippen LogP contribution in [0.2, 0.25) is 0 Å². The Bertz CT molecular complexity index is 1430. The number of rotatable bonds is 7. The lowest BCUT2D eigenvalue weighted by Gasteiger charge is -2.31. The summed E-state index contributed by atoms with van der Waals surface area (Å²) in [6.07, 6.45) is -0.518. The molecule has 0 radical (unpaired) electrons. The molecule has 1 amide bonds. The highest BCUT2D eigenvalue weighted by Crippen LogP contribution is 2.25. The van der Waals surface area contributed by atoms with Gasteiger partial charge in [-0.2, -0.15) is 0 Å². The van der Waals surface area contributed by atoms with Crippen molar-refractivity contribution in [1.29, 1.82) is 0 Å². The fraction of sp³-hybridized carbons (Fsp3) is 0.250. The molecular weight excluding hydrogens is 456 g/mol. The average molecular weight is 485 g/mol. The minimum atomic E-state index is -1.13. The maximum Gasteiger partial charge on any atom is 0.263 e. The number of amides is 1. The van der Waals surface area contributed by atoms with Gasteiger partial charge in [0, 0.05) is 18.7 Å². The van der Waals surface area contributed by atoms with Crippen LogP contribution in [0, 0.1) is 6.92 Å². The number of nitrogens with zero attached hydrogens (tertiary/aromatic N) is 2. The third-order valence-corrected chi connectivity index (χ3v) is 6.43. The van der Waals surface area contributed by atoms with Crippen LogP contribution in [0.25, 0.3) is 10.9 Å². The molecule has 3 N–H and O–H groups in total. The number of hydrogen-bond donors (Lipinski definition) is 3. The van der Waals surface area contributed by atoms with E-state index in [1.165, 1.54) is 4.57 Å². The monoisotopic (exact) mass is 484 g/mol. The fourth-order valence-electron chi connectivity index (χ4n) is 4.57.